The molecule has 148 valence electrons. The molecule has 1 aliphatic carbocycles. The van der Waals surface area contributed by atoms with Crippen LogP contribution in [-0.2, 0) is 16.0 Å². The highest BCUT2D eigenvalue weighted by Gasteiger charge is 2.30. The van der Waals surface area contributed by atoms with Gasteiger partial charge in [-0.15, -0.1) is 0 Å². The summed E-state index contributed by atoms with van der Waals surface area (Å²) in [5.74, 6) is 3.48. The van der Waals surface area contributed by atoms with Crippen molar-refractivity contribution >= 4 is 11.8 Å². The van der Waals surface area contributed by atoms with Gasteiger partial charge in [0.2, 0.25) is 0 Å². The summed E-state index contributed by atoms with van der Waals surface area (Å²) in [6.07, 6.45) is 6.40. The van der Waals surface area contributed by atoms with Crippen molar-refractivity contribution in [1.29, 1.82) is 0 Å². The fourth-order valence-electron chi connectivity index (χ4n) is 3.98. The van der Waals surface area contributed by atoms with Crippen molar-refractivity contribution in [1.82, 2.24) is 9.97 Å². The molecule has 1 saturated heterocycles. The highest BCUT2D eigenvalue weighted by Crippen LogP contribution is 2.40. The summed E-state index contributed by atoms with van der Waals surface area (Å²) in [5, 5.41) is 0. The van der Waals surface area contributed by atoms with Crippen LogP contribution in [0.3, 0.4) is 0 Å². The van der Waals surface area contributed by atoms with Gasteiger partial charge in [-0.05, 0) is 43.2 Å². The Balaban J connectivity index is 1.53. The van der Waals surface area contributed by atoms with Crippen molar-refractivity contribution < 1.29 is 14.3 Å². The molecule has 4 rings (SSSR count). The lowest BCUT2D eigenvalue weighted by Gasteiger charge is -2.34. The Hall–Kier alpha value is -2.63. The van der Waals surface area contributed by atoms with Crippen molar-refractivity contribution in [3.63, 3.8) is 0 Å². The van der Waals surface area contributed by atoms with E-state index in [2.05, 4.69) is 22.0 Å². The van der Waals surface area contributed by atoms with E-state index in [-0.39, 0.29) is 12.4 Å². The van der Waals surface area contributed by atoms with Crippen LogP contribution in [0.5, 0.6) is 5.75 Å². The Kier molecular flexibility index (Phi) is 5.46. The van der Waals surface area contributed by atoms with Crippen molar-refractivity contribution in [3.8, 4) is 5.75 Å². The van der Waals surface area contributed by atoms with Crippen LogP contribution in [-0.4, -0.2) is 43.2 Å². The molecule has 2 fully saturated rings. The topological polar surface area (TPSA) is 64.5 Å². The fourth-order valence-corrected chi connectivity index (χ4v) is 3.98. The first kappa shape index (κ1) is 18.7. The number of rotatable bonds is 6. The average molecular weight is 381 g/mol. The standard InChI is InChI=1S/C22H27N3O3/c1-27-19-6-4-3-5-18(19)15-9-11-25(12-10-15)22-17(13-20(26)28-2)14-23-21(24-22)16-7-8-16/h3-6,14-16H,7-13H2,1-2H3. The molecular weight excluding hydrogens is 354 g/mol. The first-order chi connectivity index (χ1) is 13.7. The Bertz CT molecular complexity index is 843. The molecule has 0 amide bonds. The summed E-state index contributed by atoms with van der Waals surface area (Å²) < 4.78 is 10.4. The predicted octanol–water partition coefficient (Wildman–Crippen LogP) is 3.46. The maximum atomic E-state index is 11.8. The van der Waals surface area contributed by atoms with E-state index in [0.717, 1.165) is 61.7 Å². The third kappa shape index (κ3) is 3.96. The smallest absolute Gasteiger partial charge is 0.310 e. The Morgan fingerprint density at radius 1 is 1.11 bits per heavy atom. The van der Waals surface area contributed by atoms with Crippen molar-refractivity contribution in [3.05, 3.63) is 47.4 Å². The third-order valence-electron chi connectivity index (χ3n) is 5.74. The molecule has 2 aliphatic rings. The number of hydrogen-bond donors (Lipinski definition) is 0. The van der Waals surface area contributed by atoms with Crippen LogP contribution in [0.1, 0.15) is 54.5 Å². The number of hydrogen-bond acceptors (Lipinski definition) is 6. The summed E-state index contributed by atoms with van der Waals surface area (Å²) in [4.78, 5) is 23.5. The molecule has 1 saturated carbocycles. The molecule has 2 heterocycles. The number of benzene rings is 1. The quantitative estimate of drug-likeness (QED) is 0.714. The molecular formula is C22H27N3O3. The van der Waals surface area contributed by atoms with Crippen molar-refractivity contribution in [2.45, 2.75) is 43.9 Å². The molecule has 0 atom stereocenters. The number of carbonyl (C=O) groups is 1. The first-order valence-electron chi connectivity index (χ1n) is 10.00. The molecule has 1 aliphatic heterocycles. The molecule has 0 bridgehead atoms. The number of ether oxygens (including phenoxy) is 2. The maximum absolute atomic E-state index is 11.8. The van der Waals surface area contributed by atoms with Crippen molar-refractivity contribution in [2.24, 2.45) is 0 Å². The van der Waals surface area contributed by atoms with E-state index < -0.39 is 0 Å². The first-order valence-corrected chi connectivity index (χ1v) is 10.00. The van der Waals surface area contributed by atoms with Crippen LogP contribution >= 0.6 is 0 Å². The van der Waals surface area contributed by atoms with Crippen LogP contribution in [0.15, 0.2) is 30.5 Å². The van der Waals surface area contributed by atoms with Gasteiger partial charge in [-0.25, -0.2) is 9.97 Å². The van der Waals surface area contributed by atoms with Gasteiger partial charge in [0.1, 0.15) is 17.4 Å². The van der Waals surface area contributed by atoms with Crippen LogP contribution in [0.25, 0.3) is 0 Å². The van der Waals surface area contributed by atoms with E-state index in [0.29, 0.717) is 11.8 Å². The van der Waals surface area contributed by atoms with E-state index in [4.69, 9.17) is 14.5 Å². The lowest BCUT2D eigenvalue weighted by atomic mass is 9.88. The van der Waals surface area contributed by atoms with Gasteiger partial charge in [-0.1, -0.05) is 18.2 Å². The Morgan fingerprint density at radius 3 is 2.54 bits per heavy atom. The second-order valence-corrected chi connectivity index (χ2v) is 7.61. The molecule has 0 unspecified atom stereocenters. The fraction of sp³-hybridized carbons (Fsp3) is 0.500. The summed E-state index contributed by atoms with van der Waals surface area (Å²) in [5.41, 5.74) is 2.13. The number of methoxy groups -OCH3 is 2. The Morgan fingerprint density at radius 2 is 1.86 bits per heavy atom. The zero-order valence-electron chi connectivity index (χ0n) is 16.6. The van der Waals surface area contributed by atoms with E-state index >= 15 is 0 Å². The van der Waals surface area contributed by atoms with Gasteiger partial charge in [0.05, 0.1) is 20.6 Å². The Labute approximate surface area is 165 Å². The molecule has 0 radical (unpaired) electrons. The largest absolute Gasteiger partial charge is 0.496 e. The molecule has 2 aromatic rings. The number of carbonyl (C=O) groups excluding carboxylic acids is 1. The SMILES string of the molecule is COC(=O)Cc1cnc(C2CC2)nc1N1CCC(c2ccccc2OC)CC1. The van der Waals surface area contributed by atoms with E-state index in [9.17, 15) is 4.79 Å². The maximum Gasteiger partial charge on any atom is 0.310 e. The highest BCUT2D eigenvalue weighted by atomic mass is 16.5. The second kappa shape index (κ2) is 8.17. The van der Waals surface area contributed by atoms with E-state index in [1.54, 1.807) is 7.11 Å². The van der Waals surface area contributed by atoms with Gasteiger partial charge in [-0.3, -0.25) is 4.79 Å². The second-order valence-electron chi connectivity index (χ2n) is 7.61. The summed E-state index contributed by atoms with van der Waals surface area (Å²) in [6, 6.07) is 8.28. The highest BCUT2D eigenvalue weighted by molar-refractivity contribution is 5.74. The number of nitrogens with zero attached hydrogens (tertiary/aromatic N) is 3. The number of piperidine rings is 1. The van der Waals surface area contributed by atoms with E-state index in [1.807, 2.05) is 18.3 Å². The molecule has 6 heteroatoms. The van der Waals surface area contributed by atoms with E-state index in [1.165, 1.54) is 12.7 Å². The van der Waals surface area contributed by atoms with Gasteiger partial charge in [0.25, 0.3) is 0 Å². The van der Waals surface area contributed by atoms with Gasteiger partial charge in [0, 0.05) is 30.8 Å². The normalized spacial score (nSPS) is 17.4. The van der Waals surface area contributed by atoms with Crippen LogP contribution in [0.4, 0.5) is 5.82 Å². The molecule has 0 spiro atoms. The van der Waals surface area contributed by atoms with Crippen molar-refractivity contribution in [2.75, 3.05) is 32.2 Å². The zero-order valence-corrected chi connectivity index (χ0v) is 16.6. The summed E-state index contributed by atoms with van der Waals surface area (Å²) in [7, 11) is 3.15. The van der Waals surface area contributed by atoms with Crippen LogP contribution < -0.4 is 9.64 Å². The number of anilines is 1. The minimum absolute atomic E-state index is 0.212. The van der Waals surface area contributed by atoms with Crippen LogP contribution in [0.2, 0.25) is 0 Å². The van der Waals surface area contributed by atoms with Gasteiger partial charge in [-0.2, -0.15) is 0 Å². The molecule has 1 aromatic carbocycles. The van der Waals surface area contributed by atoms with Gasteiger partial charge < -0.3 is 14.4 Å². The number of para-hydroxylation sites is 1. The third-order valence-corrected chi connectivity index (χ3v) is 5.74. The molecule has 0 N–H and O–H groups in total. The van der Waals surface area contributed by atoms with Crippen LogP contribution in [0, 0.1) is 0 Å². The number of esters is 1. The minimum Gasteiger partial charge on any atom is -0.496 e. The van der Waals surface area contributed by atoms with Gasteiger partial charge in [0.15, 0.2) is 0 Å². The summed E-state index contributed by atoms with van der Waals surface area (Å²) >= 11 is 0. The molecule has 28 heavy (non-hydrogen) atoms. The summed E-state index contributed by atoms with van der Waals surface area (Å²) in [6.45, 7) is 1.80. The monoisotopic (exact) mass is 381 g/mol. The minimum atomic E-state index is -0.257. The lowest BCUT2D eigenvalue weighted by molar-refractivity contribution is -0.139. The average Bonchev–Trinajstić information content (AvgIpc) is 3.59. The predicted molar refractivity (Wildman–Crippen MR) is 107 cm³/mol. The molecule has 6 nitrogen and oxygen atoms in total. The zero-order chi connectivity index (χ0) is 19.5. The van der Waals surface area contributed by atoms with Gasteiger partial charge >= 0.3 is 5.97 Å². The number of aromatic nitrogens is 2. The lowest BCUT2D eigenvalue weighted by Crippen LogP contribution is -2.35. The molecule has 1 aromatic heterocycles.